The van der Waals surface area contributed by atoms with Crippen molar-refractivity contribution in [2.24, 2.45) is 0 Å². The first kappa shape index (κ1) is 25.5. The van der Waals surface area contributed by atoms with Crippen LogP contribution < -0.4 is 0 Å². The van der Waals surface area contributed by atoms with Crippen molar-refractivity contribution in [2.45, 2.75) is 13.8 Å². The SMILES string of the molecule is Cc1ccccc1C1=CN2C(=O)C3=C4c5ccc(Br)cc5C(c5ccccc5C)=CN4C(=O)C3=C2c2ccc(Br)cc21. The molecule has 4 aliphatic rings. The Morgan fingerprint density at radius 3 is 1.31 bits per heavy atom. The quantitative estimate of drug-likeness (QED) is 0.214. The summed E-state index contributed by atoms with van der Waals surface area (Å²) in [5.41, 5.74) is 12.1. The van der Waals surface area contributed by atoms with Gasteiger partial charge in [0.05, 0.1) is 22.5 Å². The second-order valence-corrected chi connectivity index (χ2v) is 12.7. The highest BCUT2D eigenvalue weighted by Gasteiger charge is 2.51. The maximum Gasteiger partial charge on any atom is 0.265 e. The van der Waals surface area contributed by atoms with E-state index in [1.165, 1.54) is 0 Å². The average molecular weight is 674 g/mol. The van der Waals surface area contributed by atoms with Crippen LogP contribution in [0.4, 0.5) is 0 Å². The van der Waals surface area contributed by atoms with E-state index in [1.807, 2.05) is 60.9 Å². The molecule has 0 bridgehead atoms. The molecule has 4 aromatic rings. The molecular weight excluding hydrogens is 652 g/mol. The van der Waals surface area contributed by atoms with Gasteiger partial charge in [-0.15, -0.1) is 0 Å². The van der Waals surface area contributed by atoms with Crippen molar-refractivity contribution in [2.75, 3.05) is 0 Å². The second kappa shape index (κ2) is 9.12. The Bertz CT molecular complexity index is 1930. The van der Waals surface area contributed by atoms with Crippen molar-refractivity contribution in [3.63, 3.8) is 0 Å². The lowest BCUT2D eigenvalue weighted by Gasteiger charge is -2.31. The van der Waals surface area contributed by atoms with Gasteiger partial charge in [-0.05, 0) is 71.5 Å². The normalized spacial score (nSPS) is 16.7. The Balaban J connectivity index is 1.41. The number of nitrogens with zero attached hydrogens (tertiary/aromatic N) is 2. The fraction of sp³-hybridized carbons (Fsp3) is 0.0556. The molecule has 4 nitrogen and oxygen atoms in total. The zero-order valence-electron chi connectivity index (χ0n) is 22.7. The fourth-order valence-electron chi connectivity index (χ4n) is 6.58. The minimum atomic E-state index is -0.188. The van der Waals surface area contributed by atoms with Crippen molar-refractivity contribution < 1.29 is 9.59 Å². The largest absolute Gasteiger partial charge is 0.282 e. The summed E-state index contributed by atoms with van der Waals surface area (Å²) < 4.78 is 1.87. The molecule has 0 aliphatic carbocycles. The smallest absolute Gasteiger partial charge is 0.265 e. The average Bonchev–Trinajstić information content (AvgIpc) is 3.44. The molecule has 0 fully saturated rings. The molecule has 0 aromatic heterocycles. The molecule has 42 heavy (non-hydrogen) atoms. The van der Waals surface area contributed by atoms with Crippen LogP contribution in [-0.4, -0.2) is 21.6 Å². The first-order valence-electron chi connectivity index (χ1n) is 13.7. The Morgan fingerprint density at radius 1 is 0.500 bits per heavy atom. The summed E-state index contributed by atoms with van der Waals surface area (Å²) in [6, 6.07) is 28.4. The number of hydrogen-bond donors (Lipinski definition) is 0. The van der Waals surface area contributed by atoms with Gasteiger partial charge in [0.2, 0.25) is 0 Å². The maximum absolute atomic E-state index is 14.4. The molecule has 8 rings (SSSR count). The molecule has 6 heteroatoms. The summed E-state index contributed by atoms with van der Waals surface area (Å²) >= 11 is 7.30. The van der Waals surface area contributed by atoms with E-state index >= 15 is 0 Å². The van der Waals surface area contributed by atoms with Crippen LogP contribution in [-0.2, 0) is 9.59 Å². The lowest BCUT2D eigenvalue weighted by molar-refractivity contribution is -0.122. The second-order valence-electron chi connectivity index (χ2n) is 10.9. The van der Waals surface area contributed by atoms with Gasteiger partial charge in [0.25, 0.3) is 11.8 Å². The van der Waals surface area contributed by atoms with Crippen LogP contribution in [0.2, 0.25) is 0 Å². The van der Waals surface area contributed by atoms with Gasteiger partial charge in [-0.2, -0.15) is 0 Å². The number of rotatable bonds is 2. The minimum Gasteiger partial charge on any atom is -0.282 e. The van der Waals surface area contributed by atoms with Gasteiger partial charge in [-0.1, -0.05) is 92.5 Å². The molecule has 4 aliphatic heterocycles. The van der Waals surface area contributed by atoms with Crippen LogP contribution in [0.3, 0.4) is 0 Å². The summed E-state index contributed by atoms with van der Waals surface area (Å²) in [6.07, 6.45) is 3.82. The molecular formula is C36H22Br2N2O2. The van der Waals surface area contributed by atoms with Crippen molar-refractivity contribution in [1.29, 1.82) is 0 Å². The first-order valence-corrected chi connectivity index (χ1v) is 15.2. The zero-order chi connectivity index (χ0) is 28.9. The third kappa shape index (κ3) is 3.45. The van der Waals surface area contributed by atoms with Crippen LogP contribution in [0.5, 0.6) is 0 Å². The molecule has 0 saturated carbocycles. The Kier molecular flexibility index (Phi) is 5.53. The standard InChI is InChI=1S/C36H22Br2N2O2/c1-19-7-3-5-9-23(19)29-17-39-33(25-13-11-21(37)15-27(25)29)31-32(35(39)41)34-26-14-12-22(38)16-28(26)30(18-40(34)36(31)42)24-10-6-4-8-20(24)2/h3-18H,1-2H3. The predicted molar refractivity (Wildman–Crippen MR) is 172 cm³/mol. The highest BCUT2D eigenvalue weighted by molar-refractivity contribution is 9.10. The van der Waals surface area contributed by atoms with Crippen LogP contribution >= 0.6 is 31.9 Å². The third-order valence-electron chi connectivity index (χ3n) is 8.51. The number of benzene rings is 4. The molecule has 0 spiro atoms. The summed E-state index contributed by atoms with van der Waals surface area (Å²) in [6.45, 7) is 4.15. The van der Waals surface area contributed by atoms with E-state index in [0.717, 1.165) is 64.6 Å². The number of aryl methyl sites for hydroxylation is 2. The van der Waals surface area contributed by atoms with Crippen molar-refractivity contribution in [3.8, 4) is 0 Å². The van der Waals surface area contributed by atoms with Crippen LogP contribution in [0, 0.1) is 13.8 Å². The van der Waals surface area contributed by atoms with E-state index in [4.69, 9.17) is 0 Å². The fourth-order valence-corrected chi connectivity index (χ4v) is 7.30. The van der Waals surface area contributed by atoms with Gasteiger partial charge in [0.15, 0.2) is 0 Å². The van der Waals surface area contributed by atoms with E-state index in [9.17, 15) is 9.59 Å². The Labute approximate surface area is 260 Å². The van der Waals surface area contributed by atoms with Gasteiger partial charge >= 0.3 is 0 Å². The molecule has 202 valence electrons. The van der Waals surface area contributed by atoms with Gasteiger partial charge in [0.1, 0.15) is 0 Å². The van der Waals surface area contributed by atoms with E-state index in [1.54, 1.807) is 9.80 Å². The summed E-state index contributed by atoms with van der Waals surface area (Å²) in [5, 5.41) is 0. The number of carbonyl (C=O) groups is 2. The topological polar surface area (TPSA) is 40.6 Å². The number of amides is 2. The summed E-state index contributed by atoms with van der Waals surface area (Å²) in [7, 11) is 0. The molecule has 0 saturated heterocycles. The molecule has 2 amide bonds. The minimum absolute atomic E-state index is 0.188. The Morgan fingerprint density at radius 2 is 0.905 bits per heavy atom. The molecule has 0 radical (unpaired) electrons. The zero-order valence-corrected chi connectivity index (χ0v) is 25.9. The van der Waals surface area contributed by atoms with Gasteiger partial charge in [0, 0.05) is 43.6 Å². The van der Waals surface area contributed by atoms with Crippen molar-refractivity contribution >= 4 is 66.2 Å². The van der Waals surface area contributed by atoms with Gasteiger partial charge in [-0.25, -0.2) is 0 Å². The highest BCUT2D eigenvalue weighted by atomic mass is 79.9. The Hall–Kier alpha value is -4.26. The number of fused-ring (bicyclic) bond motifs is 7. The van der Waals surface area contributed by atoms with Crippen molar-refractivity contribution in [3.05, 3.63) is 162 Å². The molecule has 0 unspecified atom stereocenters. The summed E-state index contributed by atoms with van der Waals surface area (Å²) in [4.78, 5) is 32.2. The summed E-state index contributed by atoms with van der Waals surface area (Å²) in [5.74, 6) is -0.376. The number of halogens is 2. The molecule has 4 aromatic carbocycles. The van der Waals surface area contributed by atoms with Crippen LogP contribution in [0.1, 0.15) is 44.5 Å². The monoisotopic (exact) mass is 672 g/mol. The van der Waals surface area contributed by atoms with Gasteiger partial charge in [-0.3, -0.25) is 19.4 Å². The maximum atomic E-state index is 14.4. The lowest BCUT2D eigenvalue weighted by atomic mass is 9.87. The van der Waals surface area contributed by atoms with Crippen LogP contribution in [0.25, 0.3) is 22.5 Å². The molecule has 0 atom stereocenters. The van der Waals surface area contributed by atoms with Gasteiger partial charge < -0.3 is 0 Å². The highest BCUT2D eigenvalue weighted by Crippen LogP contribution is 2.54. The first-order chi connectivity index (χ1) is 20.3. The van der Waals surface area contributed by atoms with E-state index in [0.29, 0.717) is 22.5 Å². The predicted octanol–water partition coefficient (Wildman–Crippen LogP) is 8.44. The molecule has 0 N–H and O–H groups in total. The van der Waals surface area contributed by atoms with Crippen molar-refractivity contribution in [1.82, 2.24) is 9.80 Å². The third-order valence-corrected chi connectivity index (χ3v) is 9.50. The van der Waals surface area contributed by atoms with Crippen LogP contribution in [0.15, 0.2) is 117 Å². The number of hydrogen-bond acceptors (Lipinski definition) is 2. The van der Waals surface area contributed by atoms with E-state index in [-0.39, 0.29) is 11.8 Å². The van der Waals surface area contributed by atoms with E-state index in [2.05, 4.69) is 82.1 Å². The molecule has 4 heterocycles. The number of carbonyl (C=O) groups excluding carboxylic acids is 2. The van der Waals surface area contributed by atoms with E-state index < -0.39 is 0 Å². The lowest BCUT2D eigenvalue weighted by Crippen LogP contribution is -2.28.